The second-order valence-electron chi connectivity index (χ2n) is 6.89. The largest absolute Gasteiger partial charge is 0.496 e. The quantitative estimate of drug-likeness (QED) is 0.779. The molecule has 0 spiro atoms. The van der Waals surface area contributed by atoms with Crippen molar-refractivity contribution in [1.82, 2.24) is 0 Å². The van der Waals surface area contributed by atoms with E-state index in [4.69, 9.17) is 14.2 Å². The van der Waals surface area contributed by atoms with Crippen molar-refractivity contribution in [1.29, 1.82) is 0 Å². The molecule has 28 heavy (non-hydrogen) atoms. The van der Waals surface area contributed by atoms with Crippen molar-refractivity contribution in [3.05, 3.63) is 42.5 Å². The van der Waals surface area contributed by atoms with Crippen molar-refractivity contribution in [2.24, 2.45) is 0 Å². The van der Waals surface area contributed by atoms with Crippen LogP contribution in [0, 0.1) is 0 Å². The summed E-state index contributed by atoms with van der Waals surface area (Å²) in [6, 6.07) is 13.2. The van der Waals surface area contributed by atoms with E-state index in [0.29, 0.717) is 17.2 Å². The lowest BCUT2D eigenvalue weighted by Gasteiger charge is -2.28. The zero-order valence-electron chi connectivity index (χ0n) is 16.7. The molecule has 6 heteroatoms. The summed E-state index contributed by atoms with van der Waals surface area (Å²) in [5, 5.41) is 2.90. The standard InChI is InChI=1S/C22H28N2O4/c1-16(28-21-14-19(26-2)13-20(15-21)27-3)22(25)23-17-7-9-18(10-8-17)24-11-5-4-6-12-24/h7-10,13-16H,4-6,11-12H2,1-3H3,(H,23,25)/t16-/m0/s1. The van der Waals surface area contributed by atoms with E-state index < -0.39 is 6.10 Å². The van der Waals surface area contributed by atoms with Gasteiger partial charge in [-0.1, -0.05) is 0 Å². The number of rotatable bonds is 7. The molecule has 1 atom stereocenters. The number of piperidine rings is 1. The van der Waals surface area contributed by atoms with Crippen LogP contribution in [0.25, 0.3) is 0 Å². The zero-order valence-corrected chi connectivity index (χ0v) is 16.7. The van der Waals surface area contributed by atoms with Crippen molar-refractivity contribution in [2.45, 2.75) is 32.3 Å². The average molecular weight is 384 g/mol. The summed E-state index contributed by atoms with van der Waals surface area (Å²) < 4.78 is 16.2. The maximum Gasteiger partial charge on any atom is 0.265 e. The number of methoxy groups -OCH3 is 2. The van der Waals surface area contributed by atoms with Crippen molar-refractivity contribution in [3.8, 4) is 17.2 Å². The zero-order chi connectivity index (χ0) is 19.9. The first kappa shape index (κ1) is 19.9. The summed E-state index contributed by atoms with van der Waals surface area (Å²) in [7, 11) is 3.14. The van der Waals surface area contributed by atoms with E-state index in [2.05, 4.69) is 22.3 Å². The maximum atomic E-state index is 12.5. The number of carbonyl (C=O) groups is 1. The SMILES string of the molecule is COc1cc(OC)cc(O[C@@H](C)C(=O)Nc2ccc(N3CCCCC3)cc2)c1. The van der Waals surface area contributed by atoms with Crippen LogP contribution in [0.5, 0.6) is 17.2 Å². The van der Waals surface area contributed by atoms with Crippen molar-refractivity contribution < 1.29 is 19.0 Å². The summed E-state index contributed by atoms with van der Waals surface area (Å²) in [6.45, 7) is 3.91. The van der Waals surface area contributed by atoms with Crippen molar-refractivity contribution in [2.75, 3.05) is 37.5 Å². The Kier molecular flexibility index (Phi) is 6.63. The number of amides is 1. The van der Waals surface area contributed by atoms with Gasteiger partial charge < -0.3 is 24.4 Å². The number of anilines is 2. The molecule has 150 valence electrons. The van der Waals surface area contributed by atoms with Gasteiger partial charge >= 0.3 is 0 Å². The Hall–Kier alpha value is -2.89. The predicted octanol–water partition coefficient (Wildman–Crippen LogP) is 4.10. The van der Waals surface area contributed by atoms with E-state index in [-0.39, 0.29) is 5.91 Å². The van der Waals surface area contributed by atoms with Gasteiger partial charge in [-0.15, -0.1) is 0 Å². The number of hydrogen-bond acceptors (Lipinski definition) is 5. The molecule has 0 unspecified atom stereocenters. The van der Waals surface area contributed by atoms with Crippen molar-refractivity contribution in [3.63, 3.8) is 0 Å². The molecule has 2 aromatic rings. The fraction of sp³-hybridized carbons (Fsp3) is 0.409. The molecular formula is C22H28N2O4. The summed E-state index contributed by atoms with van der Waals surface area (Å²) >= 11 is 0. The van der Waals surface area contributed by atoms with Crippen LogP contribution in [0.1, 0.15) is 26.2 Å². The highest BCUT2D eigenvalue weighted by Crippen LogP contribution is 2.28. The van der Waals surface area contributed by atoms with Crippen LogP contribution in [0.3, 0.4) is 0 Å². The monoisotopic (exact) mass is 384 g/mol. The Labute approximate surface area is 166 Å². The molecule has 0 bridgehead atoms. The lowest BCUT2D eigenvalue weighted by Crippen LogP contribution is -2.30. The summed E-state index contributed by atoms with van der Waals surface area (Å²) in [5.74, 6) is 1.51. The summed E-state index contributed by atoms with van der Waals surface area (Å²) in [4.78, 5) is 14.9. The minimum Gasteiger partial charge on any atom is -0.496 e. The minimum atomic E-state index is -0.668. The molecule has 2 aromatic carbocycles. The Morgan fingerprint density at radius 2 is 1.50 bits per heavy atom. The highest BCUT2D eigenvalue weighted by molar-refractivity contribution is 5.94. The van der Waals surface area contributed by atoms with E-state index in [0.717, 1.165) is 18.8 Å². The number of nitrogens with zero attached hydrogens (tertiary/aromatic N) is 1. The van der Waals surface area contributed by atoms with Gasteiger partial charge in [0.1, 0.15) is 17.2 Å². The molecule has 3 rings (SSSR count). The third kappa shape index (κ3) is 5.09. The van der Waals surface area contributed by atoms with Crippen LogP contribution in [-0.2, 0) is 4.79 Å². The van der Waals surface area contributed by atoms with Crippen LogP contribution < -0.4 is 24.4 Å². The first-order valence-electron chi connectivity index (χ1n) is 9.64. The van der Waals surface area contributed by atoms with E-state index in [1.165, 1.54) is 24.9 Å². The van der Waals surface area contributed by atoms with Crippen LogP contribution in [-0.4, -0.2) is 39.3 Å². The summed E-state index contributed by atoms with van der Waals surface area (Å²) in [5.41, 5.74) is 1.95. The number of hydrogen-bond donors (Lipinski definition) is 1. The number of nitrogens with one attached hydrogen (secondary N) is 1. The van der Waals surface area contributed by atoms with Gasteiger partial charge in [-0.3, -0.25) is 4.79 Å². The molecular weight excluding hydrogens is 356 g/mol. The average Bonchev–Trinajstić information content (AvgIpc) is 2.74. The molecule has 1 N–H and O–H groups in total. The Morgan fingerprint density at radius 3 is 2.07 bits per heavy atom. The van der Waals surface area contributed by atoms with Gasteiger partial charge in [0.2, 0.25) is 0 Å². The topological polar surface area (TPSA) is 60.0 Å². The molecule has 1 amide bonds. The number of ether oxygens (including phenoxy) is 3. The predicted molar refractivity (Wildman–Crippen MR) is 111 cm³/mol. The molecule has 0 saturated carbocycles. The molecule has 1 heterocycles. The lowest BCUT2D eigenvalue weighted by atomic mass is 10.1. The number of carbonyl (C=O) groups excluding carboxylic acids is 1. The Morgan fingerprint density at radius 1 is 0.929 bits per heavy atom. The lowest BCUT2D eigenvalue weighted by molar-refractivity contribution is -0.122. The van der Waals surface area contributed by atoms with Crippen molar-refractivity contribution >= 4 is 17.3 Å². The minimum absolute atomic E-state index is 0.215. The third-order valence-electron chi connectivity index (χ3n) is 4.86. The molecule has 0 aromatic heterocycles. The number of benzene rings is 2. The second kappa shape index (κ2) is 9.35. The van der Waals surface area contributed by atoms with Crippen LogP contribution in [0.2, 0.25) is 0 Å². The van der Waals surface area contributed by atoms with Crippen LogP contribution >= 0.6 is 0 Å². The normalized spacial score (nSPS) is 14.9. The van der Waals surface area contributed by atoms with Gasteiger partial charge in [0.15, 0.2) is 6.10 Å². The van der Waals surface area contributed by atoms with E-state index in [9.17, 15) is 4.79 Å². The fourth-order valence-electron chi connectivity index (χ4n) is 3.26. The van der Waals surface area contributed by atoms with Crippen LogP contribution in [0.4, 0.5) is 11.4 Å². The third-order valence-corrected chi connectivity index (χ3v) is 4.86. The van der Waals surface area contributed by atoms with Crippen LogP contribution in [0.15, 0.2) is 42.5 Å². The Bertz CT molecular complexity index is 763. The molecule has 0 aliphatic carbocycles. The first-order valence-corrected chi connectivity index (χ1v) is 9.64. The van der Waals surface area contributed by atoms with Gasteiger partial charge in [-0.2, -0.15) is 0 Å². The highest BCUT2D eigenvalue weighted by atomic mass is 16.5. The molecule has 1 aliphatic rings. The summed E-state index contributed by atoms with van der Waals surface area (Å²) in [6.07, 6.45) is 3.12. The second-order valence-corrected chi connectivity index (χ2v) is 6.89. The van der Waals surface area contributed by atoms with Gasteiger partial charge in [0, 0.05) is 42.7 Å². The van der Waals surface area contributed by atoms with Gasteiger partial charge in [-0.25, -0.2) is 0 Å². The molecule has 6 nitrogen and oxygen atoms in total. The van der Waals surface area contributed by atoms with E-state index in [1.54, 1.807) is 39.3 Å². The fourth-order valence-corrected chi connectivity index (χ4v) is 3.26. The molecule has 1 fully saturated rings. The highest BCUT2D eigenvalue weighted by Gasteiger charge is 2.17. The Balaban J connectivity index is 1.59. The van der Waals surface area contributed by atoms with Gasteiger partial charge in [0.25, 0.3) is 5.91 Å². The van der Waals surface area contributed by atoms with Gasteiger partial charge in [0.05, 0.1) is 14.2 Å². The maximum absolute atomic E-state index is 12.5. The molecule has 0 radical (unpaired) electrons. The first-order chi connectivity index (χ1) is 13.6. The van der Waals surface area contributed by atoms with E-state index >= 15 is 0 Å². The van der Waals surface area contributed by atoms with E-state index in [1.807, 2.05) is 12.1 Å². The molecule has 1 aliphatic heterocycles. The van der Waals surface area contributed by atoms with Gasteiger partial charge in [-0.05, 0) is 50.5 Å². The molecule has 1 saturated heterocycles. The smallest absolute Gasteiger partial charge is 0.265 e.